The molecule has 1 aliphatic carbocycles. The van der Waals surface area contributed by atoms with E-state index in [1.807, 2.05) is 33.0 Å². The molecule has 1 N–H and O–H groups in total. The zero-order valence-corrected chi connectivity index (χ0v) is 13.1. The van der Waals surface area contributed by atoms with Crippen molar-refractivity contribution in [2.45, 2.75) is 58.9 Å². The molecule has 0 aromatic carbocycles. The molecule has 1 rings (SSSR count). The van der Waals surface area contributed by atoms with Crippen LogP contribution >= 0.6 is 0 Å². The lowest BCUT2D eigenvalue weighted by molar-refractivity contribution is -0.142. The Labute approximate surface area is 124 Å². The summed E-state index contributed by atoms with van der Waals surface area (Å²) < 4.78 is 42.3. The summed E-state index contributed by atoms with van der Waals surface area (Å²) in [5, 5.41) is 1.96. The molecule has 0 unspecified atom stereocenters. The highest BCUT2D eigenvalue weighted by Crippen LogP contribution is 2.45. The van der Waals surface area contributed by atoms with Gasteiger partial charge in [-0.3, -0.25) is 0 Å². The molecule has 0 spiro atoms. The number of hydrogen-bond donors (Lipinski definition) is 1. The van der Waals surface area contributed by atoms with E-state index in [0.717, 1.165) is 0 Å². The molecule has 0 aliphatic heterocycles. The highest BCUT2D eigenvalue weighted by Gasteiger charge is 2.52. The monoisotopic (exact) mass is 310 g/mol. The Morgan fingerprint density at radius 3 is 2.43 bits per heavy atom. The van der Waals surface area contributed by atoms with Gasteiger partial charge in [-0.2, -0.15) is 13.2 Å². The Morgan fingerprint density at radius 2 is 2.00 bits per heavy atom. The molecule has 0 radical (unpaired) electrons. The first-order valence-corrected chi connectivity index (χ1v) is 7.36. The zero-order chi connectivity index (χ0) is 16.3. The molecule has 4 nitrogen and oxygen atoms in total. The van der Waals surface area contributed by atoms with Gasteiger partial charge >= 0.3 is 12.2 Å². The second kappa shape index (κ2) is 6.85. The minimum absolute atomic E-state index is 0.0438. The van der Waals surface area contributed by atoms with Gasteiger partial charge in [-0.05, 0) is 19.8 Å². The van der Waals surface area contributed by atoms with Crippen LogP contribution in [-0.4, -0.2) is 48.9 Å². The molecule has 0 heterocycles. The van der Waals surface area contributed by atoms with Crippen molar-refractivity contribution in [1.82, 2.24) is 10.2 Å². The van der Waals surface area contributed by atoms with Crippen molar-refractivity contribution in [3.05, 3.63) is 0 Å². The van der Waals surface area contributed by atoms with Gasteiger partial charge in [0.05, 0.1) is 6.10 Å². The number of carbonyl (C=O) groups excluding carboxylic acids is 1. The van der Waals surface area contributed by atoms with Crippen molar-refractivity contribution < 1.29 is 22.7 Å². The second-order valence-electron chi connectivity index (χ2n) is 5.98. The normalized spacial score (nSPS) is 24.3. The van der Waals surface area contributed by atoms with Crippen LogP contribution in [0.5, 0.6) is 0 Å². The number of nitrogens with zero attached hydrogens (tertiary/aromatic N) is 1. The quantitative estimate of drug-likeness (QED) is 0.818. The van der Waals surface area contributed by atoms with Crippen LogP contribution in [0.4, 0.5) is 18.0 Å². The average molecular weight is 310 g/mol. The number of carbonyl (C=O) groups is 1. The van der Waals surface area contributed by atoms with Crippen molar-refractivity contribution in [2.75, 3.05) is 19.7 Å². The molecule has 0 aromatic heterocycles. The Morgan fingerprint density at radius 1 is 1.38 bits per heavy atom. The maximum absolute atomic E-state index is 12.2. The third kappa shape index (κ3) is 4.49. The van der Waals surface area contributed by atoms with Crippen LogP contribution in [0.15, 0.2) is 0 Å². The van der Waals surface area contributed by atoms with E-state index in [9.17, 15) is 18.0 Å². The summed E-state index contributed by atoms with van der Waals surface area (Å²) in [7, 11) is 0. The lowest BCUT2D eigenvalue weighted by Crippen LogP contribution is -2.65. The summed E-state index contributed by atoms with van der Waals surface area (Å²) in [6, 6.07) is -0.746. The van der Waals surface area contributed by atoms with Gasteiger partial charge in [-0.1, -0.05) is 20.8 Å². The van der Waals surface area contributed by atoms with Gasteiger partial charge in [0.2, 0.25) is 0 Å². The largest absolute Gasteiger partial charge is 0.405 e. The summed E-state index contributed by atoms with van der Waals surface area (Å²) in [6.07, 6.45) is -2.98. The average Bonchev–Trinajstić information content (AvgIpc) is 2.37. The predicted octanol–water partition coefficient (Wildman–Crippen LogP) is 3.17. The fraction of sp³-hybridized carbons (Fsp3) is 0.929. The lowest BCUT2D eigenvalue weighted by Gasteiger charge is -2.55. The number of nitrogens with one attached hydrogen (secondary N) is 1. The molecule has 0 aromatic rings. The minimum Gasteiger partial charge on any atom is -0.378 e. The summed E-state index contributed by atoms with van der Waals surface area (Å²) in [5.74, 6) is 0. The van der Waals surface area contributed by atoms with Gasteiger partial charge in [-0.25, -0.2) is 4.79 Å². The maximum Gasteiger partial charge on any atom is 0.405 e. The first-order valence-electron chi connectivity index (χ1n) is 7.36. The maximum atomic E-state index is 12.2. The predicted molar refractivity (Wildman–Crippen MR) is 74.1 cm³/mol. The van der Waals surface area contributed by atoms with E-state index in [1.54, 1.807) is 0 Å². The number of alkyl halides is 3. The molecule has 2 atom stereocenters. The first-order chi connectivity index (χ1) is 9.63. The Kier molecular flexibility index (Phi) is 5.90. The van der Waals surface area contributed by atoms with Gasteiger partial charge in [-0.15, -0.1) is 0 Å². The van der Waals surface area contributed by atoms with Crippen molar-refractivity contribution in [3.8, 4) is 0 Å². The van der Waals surface area contributed by atoms with E-state index >= 15 is 0 Å². The third-order valence-electron chi connectivity index (χ3n) is 4.04. The van der Waals surface area contributed by atoms with Gasteiger partial charge in [0.25, 0.3) is 0 Å². The number of hydrogen-bond acceptors (Lipinski definition) is 2. The molecule has 2 amide bonds. The summed E-state index contributed by atoms with van der Waals surface area (Å²) in [4.78, 5) is 13.6. The standard InChI is InChI=1S/C14H25F3N2O2/c1-5-7-19(12(20)18-9-14(15,16)17)10-8-11(21-6-2)13(10,3)4/h10-11H,5-9H2,1-4H3,(H,18,20)/t10-,11-/m0/s1. The van der Waals surface area contributed by atoms with Crippen LogP contribution in [0.1, 0.15) is 40.5 Å². The van der Waals surface area contributed by atoms with E-state index in [-0.39, 0.29) is 17.6 Å². The van der Waals surface area contributed by atoms with Crippen molar-refractivity contribution >= 4 is 6.03 Å². The fourth-order valence-electron chi connectivity index (χ4n) is 2.79. The molecule has 7 heteroatoms. The molecule has 0 saturated heterocycles. The summed E-state index contributed by atoms with van der Waals surface area (Å²) >= 11 is 0. The van der Waals surface area contributed by atoms with Crippen molar-refractivity contribution in [3.63, 3.8) is 0 Å². The van der Waals surface area contributed by atoms with Gasteiger partial charge in [0, 0.05) is 24.6 Å². The van der Waals surface area contributed by atoms with Crippen LogP contribution < -0.4 is 5.32 Å². The highest BCUT2D eigenvalue weighted by atomic mass is 19.4. The number of amides is 2. The summed E-state index contributed by atoms with van der Waals surface area (Å²) in [6.45, 7) is 7.51. The first kappa shape index (κ1) is 18.1. The molecular formula is C14H25F3N2O2. The summed E-state index contributed by atoms with van der Waals surface area (Å²) in [5.41, 5.74) is -0.249. The van der Waals surface area contributed by atoms with E-state index < -0.39 is 18.8 Å². The number of halogens is 3. The highest BCUT2D eigenvalue weighted by molar-refractivity contribution is 5.75. The Bertz CT molecular complexity index is 359. The van der Waals surface area contributed by atoms with E-state index in [2.05, 4.69) is 0 Å². The Hall–Kier alpha value is -0.980. The lowest BCUT2D eigenvalue weighted by atomic mass is 9.63. The van der Waals surface area contributed by atoms with E-state index in [1.165, 1.54) is 4.90 Å². The molecule has 1 fully saturated rings. The topological polar surface area (TPSA) is 41.6 Å². The van der Waals surface area contributed by atoms with Gasteiger partial charge in [0.1, 0.15) is 6.54 Å². The van der Waals surface area contributed by atoms with Crippen LogP contribution in [0.3, 0.4) is 0 Å². The van der Waals surface area contributed by atoms with Crippen LogP contribution in [0.2, 0.25) is 0 Å². The Balaban J connectivity index is 2.68. The SMILES string of the molecule is CCCN(C(=O)NCC(F)(F)F)[C@H]1C[C@H](OCC)C1(C)C. The van der Waals surface area contributed by atoms with Gasteiger partial charge < -0.3 is 15.0 Å². The van der Waals surface area contributed by atoms with Crippen molar-refractivity contribution in [2.24, 2.45) is 5.41 Å². The third-order valence-corrected chi connectivity index (χ3v) is 4.04. The van der Waals surface area contributed by atoms with Crippen LogP contribution in [0.25, 0.3) is 0 Å². The number of urea groups is 1. The van der Waals surface area contributed by atoms with Crippen LogP contribution in [0, 0.1) is 5.41 Å². The smallest absolute Gasteiger partial charge is 0.378 e. The molecule has 124 valence electrons. The van der Waals surface area contributed by atoms with E-state index in [4.69, 9.17) is 4.74 Å². The second-order valence-corrected chi connectivity index (χ2v) is 5.98. The fourth-order valence-corrected chi connectivity index (χ4v) is 2.79. The molecule has 21 heavy (non-hydrogen) atoms. The number of rotatable bonds is 6. The zero-order valence-electron chi connectivity index (χ0n) is 13.1. The van der Waals surface area contributed by atoms with Crippen molar-refractivity contribution in [1.29, 1.82) is 0 Å². The molecule has 0 bridgehead atoms. The van der Waals surface area contributed by atoms with Crippen LogP contribution in [-0.2, 0) is 4.74 Å². The van der Waals surface area contributed by atoms with Gasteiger partial charge in [0.15, 0.2) is 0 Å². The van der Waals surface area contributed by atoms with E-state index in [0.29, 0.717) is 26.0 Å². The molecule has 1 aliphatic rings. The molecular weight excluding hydrogens is 285 g/mol. The molecule has 1 saturated carbocycles. The number of ether oxygens (including phenoxy) is 1. The minimum atomic E-state index is -4.39.